The number of rotatable bonds is 3. The number of hydrogen-bond donors (Lipinski definition) is 0. The number of nitrogens with zero attached hydrogens (tertiary/aromatic N) is 1. The van der Waals surface area contributed by atoms with Gasteiger partial charge in [-0.25, -0.2) is 0 Å². The van der Waals surface area contributed by atoms with Gasteiger partial charge in [0.15, 0.2) is 11.5 Å². The van der Waals surface area contributed by atoms with Crippen molar-refractivity contribution in [3.05, 3.63) is 31.4 Å². The highest BCUT2D eigenvalue weighted by atomic mass is 127. The Morgan fingerprint density at radius 1 is 1.53 bits per heavy atom. The van der Waals surface area contributed by atoms with Gasteiger partial charge in [0.05, 0.1) is 12.0 Å². The molecule has 0 spiro atoms. The van der Waals surface area contributed by atoms with E-state index in [1.54, 1.807) is 0 Å². The van der Waals surface area contributed by atoms with Crippen molar-refractivity contribution < 1.29 is 14.5 Å². The molecular formula is C9H8INO4. The number of ketones is 1. The first kappa shape index (κ1) is 11.9. The Morgan fingerprint density at radius 2 is 2.13 bits per heavy atom. The summed E-state index contributed by atoms with van der Waals surface area (Å²) in [5.41, 5.74) is 0.296. The van der Waals surface area contributed by atoms with Crippen LogP contribution in [0.4, 0.5) is 5.69 Å². The molecule has 15 heavy (non-hydrogen) atoms. The number of benzene rings is 1. The van der Waals surface area contributed by atoms with Crippen molar-refractivity contribution in [1.82, 2.24) is 0 Å². The topological polar surface area (TPSA) is 69.4 Å². The van der Waals surface area contributed by atoms with Gasteiger partial charge in [-0.05, 0) is 35.6 Å². The van der Waals surface area contributed by atoms with Gasteiger partial charge in [-0.15, -0.1) is 0 Å². The fourth-order valence-corrected chi connectivity index (χ4v) is 1.95. The summed E-state index contributed by atoms with van der Waals surface area (Å²) in [7, 11) is 1.33. The lowest BCUT2D eigenvalue weighted by Gasteiger charge is -2.05. The number of nitro benzene ring substituents is 1. The zero-order chi connectivity index (χ0) is 11.6. The van der Waals surface area contributed by atoms with E-state index in [1.807, 2.05) is 22.6 Å². The lowest BCUT2D eigenvalue weighted by Crippen LogP contribution is -2.01. The van der Waals surface area contributed by atoms with E-state index >= 15 is 0 Å². The number of methoxy groups -OCH3 is 1. The Balaban J connectivity index is 3.42. The van der Waals surface area contributed by atoms with E-state index in [2.05, 4.69) is 0 Å². The molecule has 6 heteroatoms. The van der Waals surface area contributed by atoms with Gasteiger partial charge >= 0.3 is 5.69 Å². The maximum absolute atomic E-state index is 11.2. The largest absolute Gasteiger partial charge is 0.490 e. The Hall–Kier alpha value is -1.18. The van der Waals surface area contributed by atoms with E-state index in [1.165, 1.54) is 26.2 Å². The van der Waals surface area contributed by atoms with Crippen LogP contribution in [0.15, 0.2) is 12.1 Å². The van der Waals surface area contributed by atoms with Crippen molar-refractivity contribution >= 4 is 34.1 Å². The number of halogens is 1. The van der Waals surface area contributed by atoms with Crippen LogP contribution in [0.5, 0.6) is 5.75 Å². The number of carbonyl (C=O) groups excluding carboxylic acids is 1. The summed E-state index contributed by atoms with van der Waals surface area (Å²) in [4.78, 5) is 21.3. The standard InChI is InChI=1S/C9H8INO4/c1-5(12)6-3-9(15-2)8(11(13)14)4-7(6)10/h3-4H,1-2H3. The van der Waals surface area contributed by atoms with Gasteiger partial charge in [0.2, 0.25) is 0 Å². The Bertz CT molecular complexity index is 430. The average Bonchev–Trinajstić information content (AvgIpc) is 2.16. The number of ether oxygens (including phenoxy) is 1. The van der Waals surface area contributed by atoms with Gasteiger partial charge in [0, 0.05) is 15.2 Å². The number of hydrogen-bond acceptors (Lipinski definition) is 4. The summed E-state index contributed by atoms with van der Waals surface area (Å²) in [5.74, 6) is -0.0433. The minimum absolute atomic E-state index is 0.102. The minimum Gasteiger partial charge on any atom is -0.490 e. The Labute approximate surface area is 99.7 Å². The molecule has 0 saturated heterocycles. The Kier molecular flexibility index (Phi) is 3.61. The summed E-state index contributed by atoms with van der Waals surface area (Å²) in [6, 6.07) is 2.72. The summed E-state index contributed by atoms with van der Waals surface area (Å²) < 4.78 is 5.40. The minimum atomic E-state index is -0.537. The van der Waals surface area contributed by atoms with E-state index < -0.39 is 4.92 Å². The van der Waals surface area contributed by atoms with Crippen LogP contribution < -0.4 is 4.74 Å². The molecule has 1 aromatic carbocycles. The molecule has 0 unspecified atom stereocenters. The highest BCUT2D eigenvalue weighted by Gasteiger charge is 2.19. The molecule has 0 radical (unpaired) electrons. The van der Waals surface area contributed by atoms with Crippen molar-refractivity contribution in [3.8, 4) is 5.75 Å². The highest BCUT2D eigenvalue weighted by molar-refractivity contribution is 14.1. The molecule has 0 aliphatic heterocycles. The lowest BCUT2D eigenvalue weighted by molar-refractivity contribution is -0.385. The van der Waals surface area contributed by atoms with E-state index in [-0.39, 0.29) is 17.2 Å². The fraction of sp³-hybridized carbons (Fsp3) is 0.222. The van der Waals surface area contributed by atoms with Crippen LogP contribution in [0, 0.1) is 13.7 Å². The maximum Gasteiger partial charge on any atom is 0.312 e. The second-order valence-electron chi connectivity index (χ2n) is 2.82. The second kappa shape index (κ2) is 4.56. The van der Waals surface area contributed by atoms with Gasteiger partial charge in [-0.3, -0.25) is 14.9 Å². The van der Waals surface area contributed by atoms with Crippen LogP contribution in [-0.2, 0) is 0 Å². The third-order valence-electron chi connectivity index (χ3n) is 1.84. The fourth-order valence-electron chi connectivity index (χ4n) is 1.12. The molecule has 0 bridgehead atoms. The molecule has 0 aliphatic rings. The molecule has 5 nitrogen and oxygen atoms in total. The zero-order valence-corrected chi connectivity index (χ0v) is 10.3. The molecular weight excluding hydrogens is 313 g/mol. The van der Waals surface area contributed by atoms with Crippen molar-refractivity contribution in [1.29, 1.82) is 0 Å². The Morgan fingerprint density at radius 3 is 2.53 bits per heavy atom. The molecule has 1 aromatic rings. The van der Waals surface area contributed by atoms with Gasteiger partial charge < -0.3 is 4.74 Å². The molecule has 80 valence electrons. The van der Waals surface area contributed by atoms with Crippen molar-refractivity contribution in [2.24, 2.45) is 0 Å². The summed E-state index contributed by atoms with van der Waals surface area (Å²) in [6.45, 7) is 1.41. The molecule has 0 atom stereocenters. The molecule has 0 aromatic heterocycles. The smallest absolute Gasteiger partial charge is 0.312 e. The van der Waals surface area contributed by atoms with Crippen LogP contribution >= 0.6 is 22.6 Å². The first-order valence-corrected chi connectivity index (χ1v) is 5.08. The predicted molar refractivity (Wildman–Crippen MR) is 62.4 cm³/mol. The summed E-state index contributed by atoms with van der Waals surface area (Å²) in [6.07, 6.45) is 0. The van der Waals surface area contributed by atoms with Crippen LogP contribution in [0.2, 0.25) is 0 Å². The lowest BCUT2D eigenvalue weighted by atomic mass is 10.1. The average molecular weight is 321 g/mol. The maximum atomic E-state index is 11.2. The monoisotopic (exact) mass is 321 g/mol. The molecule has 0 fully saturated rings. The van der Waals surface area contributed by atoms with E-state index in [9.17, 15) is 14.9 Å². The molecule has 0 aliphatic carbocycles. The van der Waals surface area contributed by atoms with E-state index in [0.717, 1.165) is 0 Å². The molecule has 0 saturated carbocycles. The SMILES string of the molecule is COc1cc(C(C)=O)c(I)cc1[N+](=O)[O-]. The van der Waals surface area contributed by atoms with Crippen molar-refractivity contribution in [3.63, 3.8) is 0 Å². The zero-order valence-electron chi connectivity index (χ0n) is 8.11. The van der Waals surface area contributed by atoms with E-state index in [0.29, 0.717) is 9.13 Å². The van der Waals surface area contributed by atoms with Crippen molar-refractivity contribution in [2.45, 2.75) is 6.92 Å². The second-order valence-corrected chi connectivity index (χ2v) is 3.98. The molecule has 0 amide bonds. The summed E-state index contributed by atoms with van der Waals surface area (Å²) >= 11 is 1.89. The van der Waals surface area contributed by atoms with Crippen molar-refractivity contribution in [2.75, 3.05) is 7.11 Å². The van der Waals surface area contributed by atoms with E-state index in [4.69, 9.17) is 4.74 Å². The first-order valence-electron chi connectivity index (χ1n) is 4.00. The van der Waals surface area contributed by atoms with Crippen LogP contribution in [0.25, 0.3) is 0 Å². The molecule has 0 heterocycles. The number of nitro groups is 1. The van der Waals surface area contributed by atoms with Gasteiger partial charge in [0.1, 0.15) is 0 Å². The van der Waals surface area contributed by atoms with Gasteiger partial charge in [0.25, 0.3) is 0 Å². The quantitative estimate of drug-likeness (QED) is 0.371. The van der Waals surface area contributed by atoms with Crippen LogP contribution in [0.3, 0.4) is 0 Å². The molecule has 0 N–H and O–H groups in total. The first-order chi connectivity index (χ1) is 6.97. The van der Waals surface area contributed by atoms with Crippen LogP contribution in [0.1, 0.15) is 17.3 Å². The predicted octanol–water partition coefficient (Wildman–Crippen LogP) is 2.41. The van der Waals surface area contributed by atoms with Crippen LogP contribution in [-0.4, -0.2) is 17.8 Å². The highest BCUT2D eigenvalue weighted by Crippen LogP contribution is 2.31. The number of Topliss-reactive ketones (excluding diaryl/α,β-unsaturated/α-hetero) is 1. The molecule has 1 rings (SSSR count). The summed E-state index contributed by atoms with van der Waals surface area (Å²) in [5, 5.41) is 10.7. The normalized spacial score (nSPS) is 9.80. The third kappa shape index (κ3) is 2.44. The third-order valence-corrected chi connectivity index (χ3v) is 2.74. The van der Waals surface area contributed by atoms with Gasteiger partial charge in [-0.2, -0.15) is 0 Å². The number of carbonyl (C=O) groups is 1. The van der Waals surface area contributed by atoms with Gasteiger partial charge in [-0.1, -0.05) is 0 Å².